The summed E-state index contributed by atoms with van der Waals surface area (Å²) in [6.07, 6.45) is 3.33. The maximum atomic E-state index is 11.5. The van der Waals surface area contributed by atoms with Gasteiger partial charge < -0.3 is 10.5 Å². The number of pyridine rings is 1. The summed E-state index contributed by atoms with van der Waals surface area (Å²) in [7, 11) is 0. The molecule has 0 unspecified atom stereocenters. The van der Waals surface area contributed by atoms with Crippen molar-refractivity contribution in [1.82, 2.24) is 24.8 Å². The number of amides is 1. The second-order valence-corrected chi connectivity index (χ2v) is 5.16. The fourth-order valence-corrected chi connectivity index (χ4v) is 2.38. The van der Waals surface area contributed by atoms with E-state index in [1.807, 2.05) is 12.1 Å². The third kappa shape index (κ3) is 2.76. The predicted octanol–water partition coefficient (Wildman–Crippen LogP) is 2.08. The molecule has 25 heavy (non-hydrogen) atoms. The van der Waals surface area contributed by atoms with Crippen molar-refractivity contribution in [3.8, 4) is 23.0 Å². The van der Waals surface area contributed by atoms with Crippen molar-refractivity contribution < 1.29 is 9.53 Å². The van der Waals surface area contributed by atoms with Crippen molar-refractivity contribution in [3.63, 3.8) is 0 Å². The van der Waals surface area contributed by atoms with Crippen LogP contribution in [0.5, 0.6) is 11.6 Å². The first kappa shape index (κ1) is 14.8. The van der Waals surface area contributed by atoms with E-state index in [1.54, 1.807) is 53.3 Å². The van der Waals surface area contributed by atoms with Crippen molar-refractivity contribution in [3.05, 3.63) is 66.5 Å². The van der Waals surface area contributed by atoms with Gasteiger partial charge in [0.1, 0.15) is 5.75 Å². The Hall–Kier alpha value is -3.81. The summed E-state index contributed by atoms with van der Waals surface area (Å²) in [5.41, 5.74) is 7.05. The first-order chi connectivity index (χ1) is 12.2. The maximum absolute atomic E-state index is 11.5. The molecule has 3 aromatic heterocycles. The number of ether oxygens (including phenoxy) is 1. The Bertz CT molecular complexity index is 1060. The van der Waals surface area contributed by atoms with Crippen molar-refractivity contribution in [1.29, 1.82) is 0 Å². The number of benzene rings is 1. The molecule has 0 aliphatic carbocycles. The van der Waals surface area contributed by atoms with Crippen LogP contribution in [-0.4, -0.2) is 30.7 Å². The molecule has 2 N–H and O–H groups in total. The molecule has 4 aromatic rings. The summed E-state index contributed by atoms with van der Waals surface area (Å²) in [4.78, 5) is 15.5. The van der Waals surface area contributed by atoms with E-state index >= 15 is 0 Å². The highest BCUT2D eigenvalue weighted by Crippen LogP contribution is 2.24. The average Bonchev–Trinajstić information content (AvgIpc) is 3.06. The molecular formula is C17H12N6O2. The lowest BCUT2D eigenvalue weighted by molar-refractivity contribution is 0.0998. The average molecular weight is 332 g/mol. The largest absolute Gasteiger partial charge is 0.437 e. The summed E-state index contributed by atoms with van der Waals surface area (Å²) >= 11 is 0. The molecule has 8 nitrogen and oxygen atoms in total. The number of carbonyl (C=O) groups excluding carboxylic acids is 1. The zero-order valence-electron chi connectivity index (χ0n) is 12.9. The lowest BCUT2D eigenvalue weighted by Crippen LogP contribution is -2.12. The predicted molar refractivity (Wildman–Crippen MR) is 89.0 cm³/mol. The fourth-order valence-electron chi connectivity index (χ4n) is 2.38. The number of fused-ring (bicyclic) bond motifs is 1. The second kappa shape index (κ2) is 6.00. The highest BCUT2D eigenvalue weighted by Gasteiger charge is 2.13. The normalized spacial score (nSPS) is 10.7. The van der Waals surface area contributed by atoms with Gasteiger partial charge >= 0.3 is 0 Å². The standard InChI is InChI=1S/C17H12N6O2/c18-16(24)12-3-1-2-4-13(12)25-15-6-5-14-20-21-17(23(14)22-15)11-7-9-19-10-8-11/h1-10H,(H2,18,24). The van der Waals surface area contributed by atoms with Gasteiger partial charge in [-0.2, -0.15) is 4.52 Å². The highest BCUT2D eigenvalue weighted by atomic mass is 16.5. The van der Waals surface area contributed by atoms with E-state index in [-0.39, 0.29) is 11.4 Å². The number of primary amides is 1. The number of aromatic nitrogens is 5. The van der Waals surface area contributed by atoms with Crippen LogP contribution in [0.3, 0.4) is 0 Å². The summed E-state index contributed by atoms with van der Waals surface area (Å²) in [5.74, 6) is 0.612. The summed E-state index contributed by atoms with van der Waals surface area (Å²) in [5, 5.41) is 12.6. The van der Waals surface area contributed by atoms with E-state index in [9.17, 15) is 4.79 Å². The van der Waals surface area contributed by atoms with Crippen LogP contribution in [0.25, 0.3) is 17.0 Å². The van der Waals surface area contributed by atoms with Crippen LogP contribution in [0.4, 0.5) is 0 Å². The monoisotopic (exact) mass is 332 g/mol. The lowest BCUT2D eigenvalue weighted by Gasteiger charge is -2.08. The van der Waals surface area contributed by atoms with E-state index in [2.05, 4.69) is 20.3 Å². The van der Waals surface area contributed by atoms with Gasteiger partial charge in [0.05, 0.1) is 5.56 Å². The van der Waals surface area contributed by atoms with Gasteiger partial charge in [0, 0.05) is 24.0 Å². The van der Waals surface area contributed by atoms with Crippen LogP contribution in [-0.2, 0) is 0 Å². The minimum atomic E-state index is -0.571. The Morgan fingerprint density at radius 3 is 2.60 bits per heavy atom. The van der Waals surface area contributed by atoms with E-state index in [0.29, 0.717) is 17.2 Å². The van der Waals surface area contributed by atoms with Crippen molar-refractivity contribution in [2.45, 2.75) is 0 Å². The Morgan fingerprint density at radius 1 is 1.00 bits per heavy atom. The lowest BCUT2D eigenvalue weighted by atomic mass is 10.2. The van der Waals surface area contributed by atoms with Crippen LogP contribution in [0.15, 0.2) is 60.9 Å². The Morgan fingerprint density at radius 2 is 1.80 bits per heavy atom. The first-order valence-electron chi connectivity index (χ1n) is 7.42. The molecule has 0 radical (unpaired) electrons. The Kier molecular flexibility index (Phi) is 3.55. The molecule has 8 heteroatoms. The van der Waals surface area contributed by atoms with E-state index in [4.69, 9.17) is 10.5 Å². The van der Waals surface area contributed by atoms with Gasteiger partial charge in [0.25, 0.3) is 5.91 Å². The van der Waals surface area contributed by atoms with E-state index in [1.165, 1.54) is 0 Å². The number of hydrogen-bond acceptors (Lipinski definition) is 6. The molecule has 0 aliphatic heterocycles. The zero-order valence-corrected chi connectivity index (χ0v) is 12.9. The molecule has 122 valence electrons. The minimum Gasteiger partial charge on any atom is -0.437 e. The summed E-state index contributed by atoms with van der Waals surface area (Å²) in [6.45, 7) is 0. The van der Waals surface area contributed by atoms with Crippen molar-refractivity contribution in [2.24, 2.45) is 5.73 Å². The molecule has 1 aromatic carbocycles. The number of hydrogen-bond donors (Lipinski definition) is 1. The van der Waals surface area contributed by atoms with E-state index < -0.39 is 5.91 Å². The Labute approximate surface area is 141 Å². The SMILES string of the molecule is NC(=O)c1ccccc1Oc1ccc2nnc(-c3ccncc3)n2n1. The number of para-hydroxylation sites is 1. The third-order valence-corrected chi connectivity index (χ3v) is 3.54. The van der Waals surface area contributed by atoms with Crippen LogP contribution in [0, 0.1) is 0 Å². The molecule has 4 rings (SSSR count). The van der Waals surface area contributed by atoms with Gasteiger partial charge in [-0.25, -0.2) is 0 Å². The zero-order chi connectivity index (χ0) is 17.2. The Balaban J connectivity index is 1.76. The van der Waals surface area contributed by atoms with Gasteiger partial charge in [0.2, 0.25) is 5.88 Å². The molecule has 0 saturated carbocycles. The third-order valence-electron chi connectivity index (χ3n) is 3.54. The van der Waals surface area contributed by atoms with E-state index in [0.717, 1.165) is 5.56 Å². The molecule has 0 fully saturated rings. The number of carbonyl (C=O) groups is 1. The molecule has 0 saturated heterocycles. The van der Waals surface area contributed by atoms with Gasteiger partial charge in [-0.05, 0) is 30.3 Å². The van der Waals surface area contributed by atoms with Crippen LogP contribution in [0.1, 0.15) is 10.4 Å². The van der Waals surface area contributed by atoms with Gasteiger partial charge in [-0.15, -0.1) is 15.3 Å². The smallest absolute Gasteiger partial charge is 0.252 e. The summed E-state index contributed by atoms with van der Waals surface area (Å²) < 4.78 is 7.31. The van der Waals surface area contributed by atoms with Crippen molar-refractivity contribution >= 4 is 11.6 Å². The van der Waals surface area contributed by atoms with Crippen LogP contribution in [0.2, 0.25) is 0 Å². The molecule has 1 amide bonds. The van der Waals surface area contributed by atoms with Gasteiger partial charge in [-0.1, -0.05) is 12.1 Å². The molecule has 0 bridgehead atoms. The van der Waals surface area contributed by atoms with Gasteiger partial charge in [-0.3, -0.25) is 9.78 Å². The number of nitrogens with two attached hydrogens (primary N) is 1. The first-order valence-corrected chi connectivity index (χ1v) is 7.42. The fraction of sp³-hybridized carbons (Fsp3) is 0. The molecular weight excluding hydrogens is 320 g/mol. The molecule has 0 aliphatic rings. The minimum absolute atomic E-state index is 0.280. The molecule has 0 spiro atoms. The molecule has 0 atom stereocenters. The van der Waals surface area contributed by atoms with Crippen LogP contribution < -0.4 is 10.5 Å². The van der Waals surface area contributed by atoms with Gasteiger partial charge in [0.15, 0.2) is 11.5 Å². The molecule has 3 heterocycles. The highest BCUT2D eigenvalue weighted by molar-refractivity contribution is 5.95. The summed E-state index contributed by atoms with van der Waals surface area (Å²) in [6, 6.07) is 13.7. The number of rotatable bonds is 4. The van der Waals surface area contributed by atoms with Crippen molar-refractivity contribution in [2.75, 3.05) is 0 Å². The maximum Gasteiger partial charge on any atom is 0.252 e. The topological polar surface area (TPSA) is 108 Å². The second-order valence-electron chi connectivity index (χ2n) is 5.16. The van der Waals surface area contributed by atoms with Crippen LogP contribution >= 0.6 is 0 Å². The quantitative estimate of drug-likeness (QED) is 0.613. The number of nitrogens with zero attached hydrogens (tertiary/aromatic N) is 5.